The number of fused-ring (bicyclic) bond motifs is 1. The van der Waals surface area contributed by atoms with Crippen molar-refractivity contribution in [3.63, 3.8) is 0 Å². The molecule has 1 aliphatic carbocycles. The van der Waals surface area contributed by atoms with Gasteiger partial charge < -0.3 is 29.8 Å². The van der Waals surface area contributed by atoms with Crippen LogP contribution in [0.25, 0.3) is 10.9 Å². The molecule has 1 aromatic heterocycles. The number of aromatic nitrogens is 2. The highest BCUT2D eigenvalue weighted by atomic mass is 32.2. The van der Waals surface area contributed by atoms with E-state index in [0.717, 1.165) is 5.56 Å². The number of ether oxygens (including phenoxy) is 2. The quantitative estimate of drug-likeness (QED) is 0.138. The molecule has 1 saturated carbocycles. The molecule has 14 nitrogen and oxygen atoms in total. The Labute approximate surface area is 295 Å². The second-order valence-electron chi connectivity index (χ2n) is 13.6. The van der Waals surface area contributed by atoms with Crippen LogP contribution in [0.15, 0.2) is 76.7 Å². The first-order valence-corrected chi connectivity index (χ1v) is 17.9. The normalized spacial score (nSPS) is 14.3. The number of carbonyl (C=O) groups is 3. The van der Waals surface area contributed by atoms with Gasteiger partial charge in [0.25, 0.3) is 5.56 Å². The van der Waals surface area contributed by atoms with Gasteiger partial charge in [-0.3, -0.25) is 10.1 Å². The first-order chi connectivity index (χ1) is 24.0. The molecule has 4 N–H and O–H groups in total. The number of aliphatic carboxylic acids is 1. The molecule has 4 aromatic rings. The van der Waals surface area contributed by atoms with Gasteiger partial charge >= 0.3 is 18.2 Å². The third kappa shape index (κ3) is 9.22. The van der Waals surface area contributed by atoms with Crippen LogP contribution >= 0.6 is 0 Å². The average molecular weight is 720 g/mol. The van der Waals surface area contributed by atoms with Crippen molar-refractivity contribution in [2.45, 2.75) is 74.8 Å². The molecule has 2 amide bonds. The molecule has 0 aliphatic heterocycles. The number of nitrogens with zero attached hydrogens (tertiary/aromatic N) is 2. The molecule has 15 heteroatoms. The Balaban J connectivity index is 1.22. The highest BCUT2D eigenvalue weighted by Gasteiger charge is 2.38. The predicted molar refractivity (Wildman–Crippen MR) is 191 cm³/mol. The molecule has 51 heavy (non-hydrogen) atoms. The molecule has 0 radical (unpaired) electrons. The number of amides is 2. The smallest absolute Gasteiger partial charge is 0.411 e. The minimum atomic E-state index is -3.61. The fourth-order valence-electron chi connectivity index (χ4n) is 5.36. The molecule has 3 aromatic carbocycles. The van der Waals surface area contributed by atoms with Gasteiger partial charge in [0.1, 0.15) is 5.60 Å². The van der Waals surface area contributed by atoms with E-state index in [-0.39, 0.29) is 29.5 Å². The molecule has 5 rings (SSSR count). The zero-order chi connectivity index (χ0) is 37.1. The second kappa shape index (κ2) is 14.8. The van der Waals surface area contributed by atoms with Crippen molar-refractivity contribution < 1.29 is 37.4 Å². The Morgan fingerprint density at radius 3 is 2.33 bits per heavy atom. The van der Waals surface area contributed by atoms with Crippen LogP contribution in [0, 0.1) is 0 Å². The van der Waals surface area contributed by atoms with E-state index in [1.54, 1.807) is 63.2 Å². The SMILES string of the molecule is C[C@@H](COC(=O)Nc1ccc(S(=O)(=O)C2CC2)c(CN(C)C(=O)OC(C)(C)C)c1)c1ccc(C(Nc2ccc3nc[nH]c(=O)c3c2)C(=O)O)cc1. The van der Waals surface area contributed by atoms with Crippen LogP contribution in [-0.2, 0) is 30.7 Å². The summed E-state index contributed by atoms with van der Waals surface area (Å²) in [5, 5.41) is 15.4. The lowest BCUT2D eigenvalue weighted by atomic mass is 9.98. The van der Waals surface area contributed by atoms with Crippen LogP contribution in [0.1, 0.15) is 69.2 Å². The van der Waals surface area contributed by atoms with Gasteiger partial charge in [-0.15, -0.1) is 0 Å². The summed E-state index contributed by atoms with van der Waals surface area (Å²) in [4.78, 5) is 57.8. The van der Waals surface area contributed by atoms with Gasteiger partial charge in [-0.2, -0.15) is 0 Å². The topological polar surface area (TPSA) is 197 Å². The van der Waals surface area contributed by atoms with Crippen LogP contribution in [-0.4, -0.2) is 71.1 Å². The number of hydrogen-bond donors (Lipinski definition) is 4. The molecule has 1 unspecified atom stereocenters. The van der Waals surface area contributed by atoms with Crippen LogP contribution in [0.4, 0.5) is 21.0 Å². The minimum Gasteiger partial charge on any atom is -0.479 e. The Bertz CT molecular complexity index is 2110. The van der Waals surface area contributed by atoms with Crippen molar-refractivity contribution in [3.05, 3.63) is 94.0 Å². The summed E-state index contributed by atoms with van der Waals surface area (Å²) in [6, 6.07) is 15.0. The number of rotatable bonds is 12. The van der Waals surface area contributed by atoms with E-state index in [1.165, 1.54) is 36.5 Å². The Hall–Kier alpha value is -5.44. The van der Waals surface area contributed by atoms with Crippen molar-refractivity contribution in [1.29, 1.82) is 0 Å². The highest BCUT2D eigenvalue weighted by Crippen LogP contribution is 2.36. The third-order valence-corrected chi connectivity index (χ3v) is 10.6. The summed E-state index contributed by atoms with van der Waals surface area (Å²) < 4.78 is 37.2. The van der Waals surface area contributed by atoms with Crippen LogP contribution in [0.2, 0.25) is 0 Å². The number of carboxylic acid groups (broad SMARTS) is 1. The van der Waals surface area contributed by atoms with Crippen LogP contribution in [0.5, 0.6) is 0 Å². The maximum atomic E-state index is 13.2. The molecule has 2 atom stereocenters. The maximum Gasteiger partial charge on any atom is 0.411 e. The van der Waals surface area contributed by atoms with Gasteiger partial charge in [-0.25, -0.2) is 27.8 Å². The van der Waals surface area contributed by atoms with Crippen molar-refractivity contribution in [2.75, 3.05) is 24.3 Å². The number of carbonyl (C=O) groups excluding carboxylic acids is 2. The van der Waals surface area contributed by atoms with Gasteiger partial charge in [0.2, 0.25) is 0 Å². The summed E-state index contributed by atoms with van der Waals surface area (Å²) in [6.45, 7) is 6.98. The monoisotopic (exact) mass is 719 g/mol. The van der Waals surface area contributed by atoms with Crippen molar-refractivity contribution in [3.8, 4) is 0 Å². The second-order valence-corrected chi connectivity index (χ2v) is 15.8. The third-order valence-electron chi connectivity index (χ3n) is 8.19. The van der Waals surface area contributed by atoms with E-state index in [0.29, 0.717) is 46.2 Å². The predicted octanol–water partition coefficient (Wildman–Crippen LogP) is 5.82. The van der Waals surface area contributed by atoms with Gasteiger partial charge in [0, 0.05) is 24.3 Å². The zero-order valence-corrected chi connectivity index (χ0v) is 29.7. The molecule has 270 valence electrons. The standard InChI is InChI=1S/C36H41N5O9S/c1-21(22-6-8-23(9-7-22)31(33(43)44)39-26-10-14-29-28(17-26)32(42)38-20-37-29)19-49-34(45)40-25-11-15-30(51(47,48)27-12-13-27)24(16-25)18-41(5)35(46)50-36(2,3)4/h6-11,14-17,20-21,27,31,39H,12-13,18-19H2,1-5H3,(H,40,45)(H,43,44)(H,37,38,42)/t21-,31?/m0/s1. The number of carboxylic acids is 1. The van der Waals surface area contributed by atoms with E-state index in [9.17, 15) is 32.7 Å². The zero-order valence-electron chi connectivity index (χ0n) is 28.9. The van der Waals surface area contributed by atoms with Gasteiger partial charge in [-0.1, -0.05) is 31.2 Å². The van der Waals surface area contributed by atoms with E-state index in [1.807, 2.05) is 6.92 Å². The molecular formula is C36H41N5O9S. The highest BCUT2D eigenvalue weighted by molar-refractivity contribution is 7.92. The average Bonchev–Trinajstić information content (AvgIpc) is 3.92. The molecule has 0 saturated heterocycles. The fraction of sp³-hybridized carbons (Fsp3) is 0.361. The molecular weight excluding hydrogens is 678 g/mol. The first kappa shape index (κ1) is 36.8. The van der Waals surface area contributed by atoms with Gasteiger partial charge in [-0.05, 0) is 86.7 Å². The number of nitrogens with one attached hydrogen (secondary N) is 3. The van der Waals surface area contributed by atoms with E-state index in [2.05, 4.69) is 20.6 Å². The number of aromatic amines is 1. The van der Waals surface area contributed by atoms with E-state index in [4.69, 9.17) is 9.47 Å². The fourth-order valence-corrected chi connectivity index (χ4v) is 7.22. The Kier molecular flexibility index (Phi) is 10.7. The summed E-state index contributed by atoms with van der Waals surface area (Å²) in [7, 11) is -2.11. The van der Waals surface area contributed by atoms with Crippen molar-refractivity contribution >= 4 is 50.3 Å². The van der Waals surface area contributed by atoms with E-state index >= 15 is 0 Å². The van der Waals surface area contributed by atoms with Crippen LogP contribution < -0.4 is 16.2 Å². The summed E-state index contributed by atoms with van der Waals surface area (Å²) in [5.74, 6) is -1.38. The molecule has 1 aliphatic rings. The first-order valence-electron chi connectivity index (χ1n) is 16.3. The minimum absolute atomic E-state index is 0.00611. The molecule has 1 fully saturated rings. The summed E-state index contributed by atoms with van der Waals surface area (Å²) in [6.07, 6.45) is 1.06. The van der Waals surface area contributed by atoms with Crippen molar-refractivity contribution in [1.82, 2.24) is 14.9 Å². The number of sulfone groups is 1. The number of benzene rings is 3. The maximum absolute atomic E-state index is 13.2. The van der Waals surface area contributed by atoms with Crippen molar-refractivity contribution in [2.24, 2.45) is 0 Å². The Morgan fingerprint density at radius 2 is 1.69 bits per heavy atom. The number of H-pyrrole nitrogens is 1. The van der Waals surface area contributed by atoms with Gasteiger partial charge in [0.05, 0.1) is 40.5 Å². The van der Waals surface area contributed by atoms with E-state index < -0.39 is 44.9 Å². The molecule has 0 spiro atoms. The lowest BCUT2D eigenvalue weighted by Gasteiger charge is -2.25. The van der Waals surface area contributed by atoms with Gasteiger partial charge in [0.15, 0.2) is 15.9 Å². The molecule has 1 heterocycles. The summed E-state index contributed by atoms with van der Waals surface area (Å²) in [5.41, 5.74) is 1.73. The molecule has 0 bridgehead atoms. The lowest BCUT2D eigenvalue weighted by molar-refractivity contribution is -0.138. The lowest BCUT2D eigenvalue weighted by Crippen LogP contribution is -2.34. The largest absolute Gasteiger partial charge is 0.479 e. The number of hydrogen-bond acceptors (Lipinski definition) is 10. The summed E-state index contributed by atoms with van der Waals surface area (Å²) >= 11 is 0. The van der Waals surface area contributed by atoms with Crippen LogP contribution in [0.3, 0.4) is 0 Å². The number of anilines is 2. The Morgan fingerprint density at radius 1 is 1.02 bits per heavy atom.